The van der Waals surface area contributed by atoms with Crippen molar-refractivity contribution in [3.8, 4) is 11.6 Å². The van der Waals surface area contributed by atoms with Crippen LogP contribution in [-0.4, -0.2) is 17.0 Å². The second kappa shape index (κ2) is 5.49. The topological polar surface area (TPSA) is 47.0 Å². The molecule has 0 fully saturated rings. The maximum absolute atomic E-state index is 5.94. The first-order valence-electron chi connectivity index (χ1n) is 6.70. The van der Waals surface area contributed by atoms with Crippen LogP contribution in [0.3, 0.4) is 0 Å². The Kier molecular flexibility index (Phi) is 3.93. The van der Waals surface area contributed by atoms with Crippen LogP contribution in [0.1, 0.15) is 31.9 Å². The standard InChI is InChI=1S/C16H21N3O/c1-11-6-7-13(12(10-11)16(2,3)4)20-14-8-9-18-15(17-5)19-14/h6-10H,1-5H3,(H,17,18,19). The van der Waals surface area contributed by atoms with Crippen LogP contribution >= 0.6 is 0 Å². The van der Waals surface area contributed by atoms with Gasteiger partial charge in [0.15, 0.2) is 0 Å². The lowest BCUT2D eigenvalue weighted by molar-refractivity contribution is 0.439. The Morgan fingerprint density at radius 2 is 1.90 bits per heavy atom. The van der Waals surface area contributed by atoms with Crippen molar-refractivity contribution >= 4 is 5.95 Å². The molecule has 0 spiro atoms. The zero-order valence-corrected chi connectivity index (χ0v) is 12.7. The number of nitrogens with one attached hydrogen (secondary N) is 1. The lowest BCUT2D eigenvalue weighted by atomic mass is 9.85. The number of ether oxygens (including phenoxy) is 1. The molecule has 0 aliphatic heterocycles. The molecule has 4 heteroatoms. The van der Waals surface area contributed by atoms with Crippen LogP contribution in [0.25, 0.3) is 0 Å². The number of nitrogens with zero attached hydrogens (tertiary/aromatic N) is 2. The maximum atomic E-state index is 5.94. The summed E-state index contributed by atoms with van der Waals surface area (Å²) in [7, 11) is 1.78. The molecular weight excluding hydrogens is 250 g/mol. The number of aromatic nitrogens is 2. The molecule has 2 aromatic rings. The van der Waals surface area contributed by atoms with E-state index in [1.165, 1.54) is 11.1 Å². The third-order valence-electron chi connectivity index (χ3n) is 3.01. The van der Waals surface area contributed by atoms with Gasteiger partial charge in [-0.3, -0.25) is 0 Å². The summed E-state index contributed by atoms with van der Waals surface area (Å²) < 4.78 is 5.94. The van der Waals surface area contributed by atoms with E-state index in [4.69, 9.17) is 4.74 Å². The molecule has 0 radical (unpaired) electrons. The van der Waals surface area contributed by atoms with Crippen molar-refractivity contribution in [1.29, 1.82) is 0 Å². The van der Waals surface area contributed by atoms with E-state index in [9.17, 15) is 0 Å². The first-order chi connectivity index (χ1) is 9.40. The molecule has 106 valence electrons. The monoisotopic (exact) mass is 271 g/mol. The second-order valence-corrected chi connectivity index (χ2v) is 5.82. The number of anilines is 1. The van der Waals surface area contributed by atoms with E-state index >= 15 is 0 Å². The van der Waals surface area contributed by atoms with Gasteiger partial charge in [-0.25, -0.2) is 4.98 Å². The Bertz CT molecular complexity index is 603. The molecule has 20 heavy (non-hydrogen) atoms. The van der Waals surface area contributed by atoms with Crippen LogP contribution in [0.4, 0.5) is 5.95 Å². The minimum atomic E-state index is 0.0141. The molecule has 0 amide bonds. The normalized spacial score (nSPS) is 11.2. The Morgan fingerprint density at radius 1 is 1.15 bits per heavy atom. The van der Waals surface area contributed by atoms with Gasteiger partial charge in [0.1, 0.15) is 5.75 Å². The van der Waals surface area contributed by atoms with Gasteiger partial charge in [0.2, 0.25) is 11.8 Å². The van der Waals surface area contributed by atoms with E-state index in [1.807, 2.05) is 12.1 Å². The summed E-state index contributed by atoms with van der Waals surface area (Å²) in [5, 5.41) is 2.90. The molecule has 0 atom stereocenters. The van der Waals surface area contributed by atoms with E-state index in [1.54, 1.807) is 19.3 Å². The molecule has 1 aromatic carbocycles. The van der Waals surface area contributed by atoms with Crippen LogP contribution in [0, 0.1) is 6.92 Å². The highest BCUT2D eigenvalue weighted by Gasteiger charge is 2.19. The van der Waals surface area contributed by atoms with Crippen molar-refractivity contribution < 1.29 is 4.74 Å². The fourth-order valence-electron chi connectivity index (χ4n) is 1.95. The van der Waals surface area contributed by atoms with Gasteiger partial charge in [-0.15, -0.1) is 0 Å². The summed E-state index contributed by atoms with van der Waals surface area (Å²) in [6, 6.07) is 7.96. The Hall–Kier alpha value is -2.10. The highest BCUT2D eigenvalue weighted by atomic mass is 16.5. The summed E-state index contributed by atoms with van der Waals surface area (Å²) in [4.78, 5) is 8.37. The van der Waals surface area contributed by atoms with Gasteiger partial charge >= 0.3 is 0 Å². The fourth-order valence-corrected chi connectivity index (χ4v) is 1.95. The summed E-state index contributed by atoms with van der Waals surface area (Å²) in [5.74, 6) is 1.93. The summed E-state index contributed by atoms with van der Waals surface area (Å²) in [5.41, 5.74) is 2.41. The van der Waals surface area contributed by atoms with Gasteiger partial charge in [-0.05, 0) is 18.4 Å². The van der Waals surface area contributed by atoms with Gasteiger partial charge in [0.25, 0.3) is 0 Å². The van der Waals surface area contributed by atoms with Gasteiger partial charge in [-0.2, -0.15) is 4.98 Å². The van der Waals surface area contributed by atoms with Gasteiger partial charge < -0.3 is 10.1 Å². The highest BCUT2D eigenvalue weighted by molar-refractivity contribution is 5.43. The number of hydrogen-bond donors (Lipinski definition) is 1. The Morgan fingerprint density at radius 3 is 2.55 bits per heavy atom. The van der Waals surface area contributed by atoms with E-state index in [0.29, 0.717) is 11.8 Å². The van der Waals surface area contributed by atoms with Gasteiger partial charge in [0, 0.05) is 24.9 Å². The van der Waals surface area contributed by atoms with Crippen LogP contribution in [0.2, 0.25) is 0 Å². The average molecular weight is 271 g/mol. The average Bonchev–Trinajstić information content (AvgIpc) is 2.40. The molecular formula is C16H21N3O. The van der Waals surface area contributed by atoms with Gasteiger partial charge in [0.05, 0.1) is 0 Å². The van der Waals surface area contributed by atoms with Crippen molar-refractivity contribution in [3.05, 3.63) is 41.6 Å². The van der Waals surface area contributed by atoms with Crippen molar-refractivity contribution in [3.63, 3.8) is 0 Å². The SMILES string of the molecule is CNc1nccc(Oc2ccc(C)cc2C(C)(C)C)n1. The lowest BCUT2D eigenvalue weighted by Crippen LogP contribution is -2.13. The van der Waals surface area contributed by atoms with Crippen molar-refractivity contribution in [2.45, 2.75) is 33.1 Å². The molecule has 0 saturated heterocycles. The minimum Gasteiger partial charge on any atom is -0.439 e. The van der Waals surface area contributed by atoms with E-state index < -0.39 is 0 Å². The molecule has 0 aliphatic rings. The number of benzene rings is 1. The molecule has 0 saturated carbocycles. The molecule has 0 aliphatic carbocycles. The maximum Gasteiger partial charge on any atom is 0.225 e. The quantitative estimate of drug-likeness (QED) is 0.919. The van der Waals surface area contributed by atoms with Crippen LogP contribution < -0.4 is 10.1 Å². The smallest absolute Gasteiger partial charge is 0.225 e. The van der Waals surface area contributed by atoms with E-state index in [0.717, 1.165) is 5.75 Å². The summed E-state index contributed by atoms with van der Waals surface area (Å²) in [6.07, 6.45) is 1.68. The molecule has 1 N–H and O–H groups in total. The van der Waals surface area contributed by atoms with Gasteiger partial charge in [-0.1, -0.05) is 38.5 Å². The second-order valence-electron chi connectivity index (χ2n) is 5.82. The van der Waals surface area contributed by atoms with Crippen molar-refractivity contribution in [2.24, 2.45) is 0 Å². The van der Waals surface area contributed by atoms with Crippen LogP contribution in [0.15, 0.2) is 30.5 Å². The Labute approximate surface area is 120 Å². The summed E-state index contributed by atoms with van der Waals surface area (Å²) >= 11 is 0. The number of hydrogen-bond acceptors (Lipinski definition) is 4. The molecule has 1 aromatic heterocycles. The molecule has 0 bridgehead atoms. The zero-order chi connectivity index (χ0) is 14.8. The number of rotatable bonds is 3. The molecule has 0 unspecified atom stereocenters. The van der Waals surface area contributed by atoms with E-state index in [2.05, 4.69) is 49.0 Å². The minimum absolute atomic E-state index is 0.0141. The molecule has 4 nitrogen and oxygen atoms in total. The van der Waals surface area contributed by atoms with Crippen LogP contribution in [0.5, 0.6) is 11.6 Å². The molecule has 1 heterocycles. The fraction of sp³-hybridized carbons (Fsp3) is 0.375. The predicted octanol–water partition coefficient (Wildman–Crippen LogP) is 3.92. The predicted molar refractivity (Wildman–Crippen MR) is 81.5 cm³/mol. The third-order valence-corrected chi connectivity index (χ3v) is 3.01. The molecule has 2 rings (SSSR count). The number of aryl methyl sites for hydroxylation is 1. The summed E-state index contributed by atoms with van der Waals surface area (Å²) in [6.45, 7) is 8.61. The Balaban J connectivity index is 2.38. The largest absolute Gasteiger partial charge is 0.439 e. The van der Waals surface area contributed by atoms with Crippen molar-refractivity contribution in [1.82, 2.24) is 9.97 Å². The third kappa shape index (κ3) is 3.26. The zero-order valence-electron chi connectivity index (χ0n) is 12.7. The van der Waals surface area contributed by atoms with E-state index in [-0.39, 0.29) is 5.41 Å². The van der Waals surface area contributed by atoms with Crippen LogP contribution in [-0.2, 0) is 5.41 Å². The first kappa shape index (κ1) is 14.3. The first-order valence-corrected chi connectivity index (χ1v) is 6.70. The van der Waals surface area contributed by atoms with Crippen molar-refractivity contribution in [2.75, 3.05) is 12.4 Å². The highest BCUT2D eigenvalue weighted by Crippen LogP contribution is 2.34. The lowest BCUT2D eigenvalue weighted by Gasteiger charge is -2.23.